The third-order valence-corrected chi connectivity index (χ3v) is 3.97. The summed E-state index contributed by atoms with van der Waals surface area (Å²) < 4.78 is 0. The number of aromatic nitrogens is 2. The first-order valence-corrected chi connectivity index (χ1v) is 6.55. The van der Waals surface area contributed by atoms with Crippen LogP contribution in [0.3, 0.4) is 0 Å². The Kier molecular flexibility index (Phi) is 2.74. The zero-order valence-corrected chi connectivity index (χ0v) is 10.6. The van der Waals surface area contributed by atoms with Crippen LogP contribution in [0.4, 0.5) is 5.82 Å². The number of hydrogen-bond donors (Lipinski definition) is 1. The van der Waals surface area contributed by atoms with Gasteiger partial charge in [-0.3, -0.25) is 4.98 Å². The molecule has 0 saturated carbocycles. The van der Waals surface area contributed by atoms with Gasteiger partial charge in [-0.25, -0.2) is 4.98 Å². The molecule has 0 amide bonds. The average molecular weight is 234 g/mol. The number of fused-ring (bicyclic) bond motifs is 1. The molecule has 17 heavy (non-hydrogen) atoms. The van der Waals surface area contributed by atoms with E-state index in [-0.39, 0.29) is 1.43 Å². The van der Waals surface area contributed by atoms with E-state index in [0.29, 0.717) is 12.0 Å². The van der Waals surface area contributed by atoms with E-state index in [1.165, 1.54) is 13.0 Å². The average Bonchev–Trinajstić information content (AvgIpc) is 2.90. The summed E-state index contributed by atoms with van der Waals surface area (Å²) in [4.78, 5) is 11.5. The molecular weight excluding hydrogens is 212 g/mol. The van der Waals surface area contributed by atoms with Crippen molar-refractivity contribution in [2.24, 2.45) is 5.92 Å². The third-order valence-electron chi connectivity index (χ3n) is 3.97. The summed E-state index contributed by atoms with van der Waals surface area (Å²) in [5.41, 5.74) is 1.09. The van der Waals surface area contributed by atoms with E-state index in [9.17, 15) is 0 Å². The van der Waals surface area contributed by atoms with Crippen molar-refractivity contribution in [2.75, 3.05) is 24.5 Å². The molecule has 2 unspecified atom stereocenters. The van der Waals surface area contributed by atoms with Gasteiger partial charge < -0.3 is 10.2 Å². The van der Waals surface area contributed by atoms with Gasteiger partial charge in [0.1, 0.15) is 5.82 Å². The molecule has 1 N–H and O–H groups in total. The molecule has 0 spiro atoms. The molecule has 4 heteroatoms. The van der Waals surface area contributed by atoms with E-state index >= 15 is 0 Å². The second-order valence-electron chi connectivity index (χ2n) is 5.42. The van der Waals surface area contributed by atoms with E-state index in [4.69, 9.17) is 4.98 Å². The van der Waals surface area contributed by atoms with Gasteiger partial charge in [0, 0.05) is 33.3 Å². The molecule has 2 aliphatic heterocycles. The molecular formula is C13H22N4. The molecule has 2 atom stereocenters. The lowest BCUT2D eigenvalue weighted by Crippen LogP contribution is -2.34. The van der Waals surface area contributed by atoms with Crippen molar-refractivity contribution in [3.05, 3.63) is 18.1 Å². The van der Waals surface area contributed by atoms with Crippen molar-refractivity contribution in [1.29, 1.82) is 0 Å². The molecule has 0 bridgehead atoms. The lowest BCUT2D eigenvalue weighted by Gasteiger charge is -2.24. The molecule has 0 radical (unpaired) electrons. The minimum atomic E-state index is 0. The molecule has 1 aromatic heterocycles. The zero-order chi connectivity index (χ0) is 11.8. The monoisotopic (exact) mass is 234 g/mol. The maximum Gasteiger partial charge on any atom is 0.147 e. The second-order valence-corrected chi connectivity index (χ2v) is 5.42. The molecule has 2 saturated heterocycles. The third kappa shape index (κ3) is 1.90. The highest BCUT2D eigenvalue weighted by atomic mass is 15.3. The van der Waals surface area contributed by atoms with Gasteiger partial charge in [-0.05, 0) is 18.3 Å². The Balaban J connectivity index is 0.00000120. The summed E-state index contributed by atoms with van der Waals surface area (Å²) >= 11 is 0. The molecule has 3 heterocycles. The van der Waals surface area contributed by atoms with Gasteiger partial charge in [-0.2, -0.15) is 0 Å². The Bertz CT molecular complexity index is 410. The predicted molar refractivity (Wildman–Crippen MR) is 70.3 cm³/mol. The van der Waals surface area contributed by atoms with Crippen LogP contribution in [0.15, 0.2) is 12.4 Å². The molecule has 4 nitrogen and oxygen atoms in total. The Morgan fingerprint density at radius 1 is 1.41 bits per heavy atom. The number of rotatable bonds is 2. The van der Waals surface area contributed by atoms with E-state index < -0.39 is 0 Å². The maximum atomic E-state index is 4.75. The Hall–Kier alpha value is -1.16. The largest absolute Gasteiger partial charge is 0.351 e. The summed E-state index contributed by atoms with van der Waals surface area (Å²) in [6.07, 6.45) is 5.08. The summed E-state index contributed by atoms with van der Waals surface area (Å²) in [5, 5.41) is 3.47. The summed E-state index contributed by atoms with van der Waals surface area (Å²) in [6, 6.07) is 0.631. The first-order valence-electron chi connectivity index (χ1n) is 6.55. The van der Waals surface area contributed by atoms with Crippen molar-refractivity contribution in [1.82, 2.24) is 15.3 Å². The lowest BCUT2D eigenvalue weighted by molar-refractivity contribution is 0.577. The topological polar surface area (TPSA) is 41.1 Å². The van der Waals surface area contributed by atoms with Crippen molar-refractivity contribution >= 4 is 5.82 Å². The highest BCUT2D eigenvalue weighted by Crippen LogP contribution is 2.30. The van der Waals surface area contributed by atoms with Gasteiger partial charge in [0.15, 0.2) is 0 Å². The van der Waals surface area contributed by atoms with E-state index in [0.717, 1.165) is 30.5 Å². The van der Waals surface area contributed by atoms with E-state index in [2.05, 4.69) is 29.0 Å². The first kappa shape index (κ1) is 11.0. The van der Waals surface area contributed by atoms with Crippen LogP contribution in [0.5, 0.6) is 0 Å². The fourth-order valence-electron chi connectivity index (χ4n) is 2.92. The van der Waals surface area contributed by atoms with Crippen LogP contribution in [0, 0.1) is 5.92 Å². The highest BCUT2D eigenvalue weighted by Gasteiger charge is 2.38. The number of hydrogen-bond acceptors (Lipinski definition) is 4. The minimum absolute atomic E-state index is 0. The lowest BCUT2D eigenvalue weighted by atomic mass is 10.1. The van der Waals surface area contributed by atoms with Crippen LogP contribution in [0.25, 0.3) is 0 Å². The van der Waals surface area contributed by atoms with Gasteiger partial charge in [0.25, 0.3) is 0 Å². The first-order chi connectivity index (χ1) is 8.25. The van der Waals surface area contributed by atoms with Crippen LogP contribution in [-0.4, -0.2) is 35.6 Å². The van der Waals surface area contributed by atoms with Crippen LogP contribution in [-0.2, 0) is 0 Å². The molecule has 2 fully saturated rings. The Labute approximate surface area is 104 Å². The van der Waals surface area contributed by atoms with Crippen LogP contribution in [0.1, 0.15) is 33.3 Å². The summed E-state index contributed by atoms with van der Waals surface area (Å²) in [5.74, 6) is 2.31. The van der Waals surface area contributed by atoms with Crippen molar-refractivity contribution in [2.45, 2.75) is 32.2 Å². The Morgan fingerprint density at radius 2 is 2.29 bits per heavy atom. The quantitative estimate of drug-likeness (QED) is 0.844. The SMILES string of the molecule is CC(C)c1cncc(N2CCC3CNCC32)n1.[HH]. The number of nitrogens with zero attached hydrogens (tertiary/aromatic N) is 3. The predicted octanol–water partition coefficient (Wildman–Crippen LogP) is 1.64. The minimum Gasteiger partial charge on any atom is -0.351 e. The maximum absolute atomic E-state index is 4.75. The fourth-order valence-corrected chi connectivity index (χ4v) is 2.92. The fraction of sp³-hybridized carbons (Fsp3) is 0.692. The van der Waals surface area contributed by atoms with Gasteiger partial charge in [0.05, 0.1) is 11.9 Å². The van der Waals surface area contributed by atoms with Gasteiger partial charge in [-0.15, -0.1) is 0 Å². The van der Waals surface area contributed by atoms with E-state index in [1.807, 2.05) is 12.4 Å². The Morgan fingerprint density at radius 3 is 3.12 bits per heavy atom. The standard InChI is InChI=1S/C13H20N4.H2/c1-9(2)11-6-15-8-13(16-11)17-4-3-10-5-14-7-12(10)17;/h6,8-10,12,14H,3-5,7H2,1-2H3;1H. The molecule has 0 aliphatic carbocycles. The summed E-state index contributed by atoms with van der Waals surface area (Å²) in [6.45, 7) is 7.72. The van der Waals surface area contributed by atoms with Crippen LogP contribution < -0.4 is 10.2 Å². The number of anilines is 1. The summed E-state index contributed by atoms with van der Waals surface area (Å²) in [7, 11) is 0. The van der Waals surface area contributed by atoms with Crippen molar-refractivity contribution < 1.29 is 1.43 Å². The van der Waals surface area contributed by atoms with Crippen molar-refractivity contribution in [3.63, 3.8) is 0 Å². The van der Waals surface area contributed by atoms with Gasteiger partial charge in [-0.1, -0.05) is 13.8 Å². The van der Waals surface area contributed by atoms with Crippen molar-refractivity contribution in [3.8, 4) is 0 Å². The second kappa shape index (κ2) is 4.26. The smallest absolute Gasteiger partial charge is 0.147 e. The molecule has 2 aliphatic rings. The van der Waals surface area contributed by atoms with Gasteiger partial charge in [0.2, 0.25) is 0 Å². The van der Waals surface area contributed by atoms with E-state index in [1.54, 1.807) is 0 Å². The molecule has 3 rings (SSSR count). The van der Waals surface area contributed by atoms with Crippen LogP contribution >= 0.6 is 0 Å². The molecule has 94 valence electrons. The molecule has 1 aromatic rings. The number of nitrogens with one attached hydrogen (secondary N) is 1. The normalized spacial score (nSPS) is 27.8. The molecule has 0 aromatic carbocycles. The van der Waals surface area contributed by atoms with Crippen LogP contribution in [0.2, 0.25) is 0 Å². The highest BCUT2D eigenvalue weighted by molar-refractivity contribution is 5.41. The zero-order valence-electron chi connectivity index (χ0n) is 10.6. The van der Waals surface area contributed by atoms with Gasteiger partial charge >= 0.3 is 0 Å².